The van der Waals surface area contributed by atoms with E-state index in [1.165, 1.54) is 0 Å². The number of hydrogen-bond donors (Lipinski definition) is 1. The molecule has 1 saturated heterocycles. The lowest BCUT2D eigenvalue weighted by atomic mass is 9.96. The van der Waals surface area contributed by atoms with Crippen LogP contribution in [0.5, 0.6) is 0 Å². The van der Waals surface area contributed by atoms with Crippen LogP contribution in [0.2, 0.25) is 0 Å². The fraction of sp³-hybridized carbons (Fsp3) is 0.273. The lowest BCUT2D eigenvalue weighted by Crippen LogP contribution is -2.29. The topological polar surface area (TPSA) is 89.6 Å². The minimum Gasteiger partial charge on any atom is -0.405 e. The van der Waals surface area contributed by atoms with E-state index in [9.17, 15) is 4.79 Å². The van der Waals surface area contributed by atoms with Gasteiger partial charge in [-0.1, -0.05) is 59.7 Å². The van der Waals surface area contributed by atoms with Gasteiger partial charge >= 0.3 is 6.01 Å². The molecule has 0 saturated carbocycles. The number of aliphatic imine (C=N–C) groups is 1. The van der Waals surface area contributed by atoms with Gasteiger partial charge in [-0.3, -0.25) is 9.79 Å². The second-order valence-electron chi connectivity index (χ2n) is 7.14. The first-order valence-electron chi connectivity index (χ1n) is 9.74. The third-order valence-corrected chi connectivity index (χ3v) is 5.15. The van der Waals surface area contributed by atoms with E-state index in [1.54, 1.807) is 0 Å². The zero-order chi connectivity index (χ0) is 19.6. The standard InChI is InChI=1S/C22H20N4O3/c27-17-13-15-9-4-5-10-16(15)19(14-7-2-1-3-8-14)23-20(17)24-22-26-25-21(29-22)18-11-6-12-28-18/h1-5,7-10,18,20H,6,11-13H2,(H,24,26)/t18-,20+/m0/s1. The first-order valence-corrected chi connectivity index (χ1v) is 9.74. The van der Waals surface area contributed by atoms with Crippen LogP contribution in [0.4, 0.5) is 6.01 Å². The highest BCUT2D eigenvalue weighted by molar-refractivity contribution is 6.16. The molecule has 146 valence electrons. The van der Waals surface area contributed by atoms with Crippen molar-refractivity contribution < 1.29 is 13.9 Å². The first kappa shape index (κ1) is 17.8. The van der Waals surface area contributed by atoms with Gasteiger partial charge in [0.1, 0.15) is 6.10 Å². The van der Waals surface area contributed by atoms with Crippen molar-refractivity contribution in [3.05, 3.63) is 77.2 Å². The molecule has 0 unspecified atom stereocenters. The van der Waals surface area contributed by atoms with Crippen LogP contribution in [0.3, 0.4) is 0 Å². The van der Waals surface area contributed by atoms with Crippen LogP contribution in [0.15, 0.2) is 64.0 Å². The van der Waals surface area contributed by atoms with E-state index in [1.807, 2.05) is 54.6 Å². The monoisotopic (exact) mass is 388 g/mol. The van der Waals surface area contributed by atoms with Crippen molar-refractivity contribution in [2.24, 2.45) is 4.99 Å². The van der Waals surface area contributed by atoms with Crippen LogP contribution in [0.25, 0.3) is 0 Å². The number of aromatic nitrogens is 2. The molecule has 2 aliphatic rings. The Bertz CT molecular complexity index is 1050. The Morgan fingerprint density at radius 1 is 1.00 bits per heavy atom. The van der Waals surface area contributed by atoms with Gasteiger partial charge in [0.25, 0.3) is 0 Å². The molecule has 1 N–H and O–H groups in total. The summed E-state index contributed by atoms with van der Waals surface area (Å²) in [6, 6.07) is 17.9. The van der Waals surface area contributed by atoms with Crippen LogP contribution in [0, 0.1) is 0 Å². The van der Waals surface area contributed by atoms with E-state index < -0.39 is 6.17 Å². The van der Waals surface area contributed by atoms with E-state index in [0.717, 1.165) is 35.2 Å². The summed E-state index contributed by atoms with van der Waals surface area (Å²) < 4.78 is 11.3. The average molecular weight is 388 g/mol. The van der Waals surface area contributed by atoms with E-state index in [2.05, 4.69) is 15.5 Å². The summed E-state index contributed by atoms with van der Waals surface area (Å²) in [6.07, 6.45) is 1.13. The molecule has 7 nitrogen and oxygen atoms in total. The Labute approximate surface area is 167 Å². The summed E-state index contributed by atoms with van der Waals surface area (Å²) in [5.74, 6) is 0.377. The summed E-state index contributed by atoms with van der Waals surface area (Å²) in [5.41, 5.74) is 3.63. The number of rotatable bonds is 4. The summed E-state index contributed by atoms with van der Waals surface area (Å²) >= 11 is 0. The quantitative estimate of drug-likeness (QED) is 0.737. The molecule has 1 fully saturated rings. The maximum absolute atomic E-state index is 12.9. The maximum atomic E-state index is 12.9. The molecule has 2 aliphatic heterocycles. The molecule has 0 radical (unpaired) electrons. The van der Waals surface area contributed by atoms with Gasteiger partial charge in [0.05, 0.1) is 5.71 Å². The number of carbonyl (C=O) groups excluding carboxylic acids is 1. The molecule has 7 heteroatoms. The second kappa shape index (κ2) is 7.60. The van der Waals surface area contributed by atoms with Crippen molar-refractivity contribution >= 4 is 17.5 Å². The van der Waals surface area contributed by atoms with Crippen LogP contribution < -0.4 is 5.32 Å². The smallest absolute Gasteiger partial charge is 0.317 e. The molecule has 2 aromatic carbocycles. The lowest BCUT2D eigenvalue weighted by molar-refractivity contribution is -0.119. The molecule has 1 aromatic heterocycles. The molecule has 0 bridgehead atoms. The van der Waals surface area contributed by atoms with Gasteiger partial charge in [0, 0.05) is 24.2 Å². The number of hydrogen-bond acceptors (Lipinski definition) is 7. The highest BCUT2D eigenvalue weighted by Crippen LogP contribution is 2.29. The number of nitrogens with zero attached hydrogens (tertiary/aromatic N) is 3. The molecule has 29 heavy (non-hydrogen) atoms. The molecule has 5 rings (SSSR count). The van der Waals surface area contributed by atoms with Gasteiger partial charge in [0.2, 0.25) is 5.89 Å². The number of fused-ring (bicyclic) bond motifs is 1. The van der Waals surface area contributed by atoms with Gasteiger partial charge in [-0.25, -0.2) is 0 Å². The molecule has 2 atom stereocenters. The predicted molar refractivity (Wildman–Crippen MR) is 107 cm³/mol. The number of ether oxygens (including phenoxy) is 1. The Morgan fingerprint density at radius 2 is 1.83 bits per heavy atom. The van der Waals surface area contributed by atoms with Gasteiger partial charge < -0.3 is 14.5 Å². The summed E-state index contributed by atoms with van der Waals surface area (Å²) in [4.78, 5) is 17.7. The van der Waals surface area contributed by atoms with Crippen molar-refractivity contribution in [1.82, 2.24) is 10.2 Å². The fourth-order valence-corrected chi connectivity index (χ4v) is 3.71. The molecule has 3 heterocycles. The molecular formula is C22H20N4O3. The number of ketones is 1. The van der Waals surface area contributed by atoms with E-state index in [4.69, 9.17) is 14.1 Å². The molecule has 3 aromatic rings. The molecular weight excluding hydrogens is 368 g/mol. The third-order valence-electron chi connectivity index (χ3n) is 5.15. The van der Waals surface area contributed by atoms with Crippen molar-refractivity contribution in [3.63, 3.8) is 0 Å². The van der Waals surface area contributed by atoms with Gasteiger partial charge in [-0.2, -0.15) is 0 Å². The van der Waals surface area contributed by atoms with Crippen LogP contribution in [-0.2, 0) is 16.0 Å². The van der Waals surface area contributed by atoms with Crippen molar-refractivity contribution in [2.45, 2.75) is 31.5 Å². The minimum absolute atomic E-state index is 0.0553. The Kier molecular flexibility index (Phi) is 4.65. The van der Waals surface area contributed by atoms with E-state index >= 15 is 0 Å². The number of anilines is 1. The van der Waals surface area contributed by atoms with Gasteiger partial charge in [0.15, 0.2) is 11.9 Å². The lowest BCUT2D eigenvalue weighted by Gasteiger charge is -2.12. The van der Waals surface area contributed by atoms with Gasteiger partial charge in [-0.05, 0) is 18.4 Å². The van der Waals surface area contributed by atoms with E-state index in [-0.39, 0.29) is 24.3 Å². The first-order chi connectivity index (χ1) is 14.3. The van der Waals surface area contributed by atoms with Gasteiger partial charge in [-0.15, -0.1) is 5.10 Å². The number of benzene rings is 2. The Hall–Kier alpha value is -3.32. The third kappa shape index (κ3) is 3.56. The maximum Gasteiger partial charge on any atom is 0.317 e. The Morgan fingerprint density at radius 3 is 2.66 bits per heavy atom. The van der Waals surface area contributed by atoms with Crippen molar-refractivity contribution in [2.75, 3.05) is 11.9 Å². The summed E-state index contributed by atoms with van der Waals surface area (Å²) in [6.45, 7) is 0.694. The zero-order valence-electron chi connectivity index (χ0n) is 15.7. The van der Waals surface area contributed by atoms with Crippen LogP contribution >= 0.6 is 0 Å². The van der Waals surface area contributed by atoms with Crippen LogP contribution in [0.1, 0.15) is 41.5 Å². The summed E-state index contributed by atoms with van der Waals surface area (Å²) in [5, 5.41) is 11.1. The largest absolute Gasteiger partial charge is 0.405 e. The summed E-state index contributed by atoms with van der Waals surface area (Å²) in [7, 11) is 0. The second-order valence-corrected chi connectivity index (χ2v) is 7.14. The number of Topliss-reactive ketones (excluding diaryl/α,β-unsaturated/α-hetero) is 1. The Balaban J connectivity index is 1.49. The minimum atomic E-state index is -0.810. The highest BCUT2D eigenvalue weighted by Gasteiger charge is 2.28. The zero-order valence-corrected chi connectivity index (χ0v) is 15.7. The highest BCUT2D eigenvalue weighted by atomic mass is 16.5. The number of nitrogens with one attached hydrogen (secondary N) is 1. The normalized spacial score (nSPS) is 21.4. The van der Waals surface area contributed by atoms with E-state index in [0.29, 0.717) is 12.5 Å². The average Bonchev–Trinajstić information content (AvgIpc) is 3.42. The number of carbonyl (C=O) groups is 1. The molecule has 0 spiro atoms. The molecule has 0 aliphatic carbocycles. The predicted octanol–water partition coefficient (Wildman–Crippen LogP) is 3.32. The fourth-order valence-electron chi connectivity index (χ4n) is 3.71. The SMILES string of the molecule is O=C1Cc2ccccc2C(c2ccccc2)=N[C@@H]1Nc1nnc([C@@H]2CCCO2)o1. The van der Waals surface area contributed by atoms with Crippen molar-refractivity contribution in [1.29, 1.82) is 0 Å². The van der Waals surface area contributed by atoms with Crippen LogP contribution in [-0.4, -0.2) is 34.5 Å². The van der Waals surface area contributed by atoms with Crippen molar-refractivity contribution in [3.8, 4) is 0 Å². The molecule has 0 amide bonds.